The van der Waals surface area contributed by atoms with Gasteiger partial charge in [0.1, 0.15) is 11.2 Å². The number of aromatic carboxylic acids is 1. The zero-order valence-corrected chi connectivity index (χ0v) is 21.9. The fourth-order valence-electron chi connectivity index (χ4n) is 3.82. The van der Waals surface area contributed by atoms with Crippen molar-refractivity contribution in [3.8, 4) is 22.5 Å². The van der Waals surface area contributed by atoms with E-state index in [4.69, 9.17) is 9.47 Å². The third kappa shape index (κ3) is 5.24. The molecule has 2 aromatic carbocycles. The maximum Gasteiger partial charge on any atom is 0.427 e. The highest BCUT2D eigenvalue weighted by molar-refractivity contribution is 6.24. The monoisotopic (exact) mass is 517 g/mol. The first-order valence-corrected chi connectivity index (χ1v) is 11.8. The molecule has 1 aliphatic rings. The number of nitrogens with zero attached hydrogens (tertiary/aromatic N) is 3. The number of carboxylic acid groups (broad SMARTS) is 1. The van der Waals surface area contributed by atoms with E-state index in [0.29, 0.717) is 10.5 Å². The van der Waals surface area contributed by atoms with Crippen LogP contribution in [-0.2, 0) is 9.47 Å². The number of imide groups is 1. The number of carbonyl (C=O) groups excluding carboxylic acids is 3. The lowest BCUT2D eigenvalue weighted by Crippen LogP contribution is -2.44. The van der Waals surface area contributed by atoms with E-state index in [1.807, 2.05) is 0 Å². The van der Waals surface area contributed by atoms with Gasteiger partial charge < -0.3 is 14.6 Å². The maximum absolute atomic E-state index is 13.5. The van der Waals surface area contributed by atoms with E-state index in [2.05, 4.69) is 9.97 Å². The van der Waals surface area contributed by atoms with Crippen LogP contribution in [0.4, 0.5) is 15.5 Å². The van der Waals surface area contributed by atoms with Crippen LogP contribution in [-0.4, -0.2) is 50.2 Å². The molecule has 0 unspecified atom stereocenters. The zero-order chi connectivity index (χ0) is 28.0. The van der Waals surface area contributed by atoms with Crippen LogP contribution < -0.4 is 4.90 Å². The summed E-state index contributed by atoms with van der Waals surface area (Å²) in [7, 11) is 0. The largest absolute Gasteiger partial charge is 0.478 e. The van der Waals surface area contributed by atoms with Crippen LogP contribution in [0.5, 0.6) is 0 Å². The number of benzene rings is 2. The lowest BCUT2D eigenvalue weighted by Gasteiger charge is -2.28. The number of amides is 2. The van der Waals surface area contributed by atoms with Gasteiger partial charge in [-0.05, 0) is 59.7 Å². The van der Waals surface area contributed by atoms with Gasteiger partial charge in [-0.2, -0.15) is 0 Å². The van der Waals surface area contributed by atoms with Crippen molar-refractivity contribution < 1.29 is 33.8 Å². The fraction of sp³-hybridized carbons (Fsp3) is 0.286. The summed E-state index contributed by atoms with van der Waals surface area (Å²) in [5.41, 5.74) is -0.582. The molecule has 1 aromatic heterocycles. The molecule has 0 aliphatic heterocycles. The third-order valence-corrected chi connectivity index (χ3v) is 5.29. The predicted molar refractivity (Wildman–Crippen MR) is 138 cm³/mol. The van der Waals surface area contributed by atoms with Crippen molar-refractivity contribution in [2.75, 3.05) is 4.90 Å². The van der Waals surface area contributed by atoms with Crippen molar-refractivity contribution in [2.24, 2.45) is 0 Å². The SMILES string of the molecule is CC(C)(C)OC(=O)N(C(=O)OC(C)(C)C)c1nc(-c2ccccc2)c2c(n1)-c1cc(C(=O)O)ccc1C2=O. The van der Waals surface area contributed by atoms with E-state index in [-0.39, 0.29) is 39.6 Å². The van der Waals surface area contributed by atoms with Crippen LogP contribution in [0.15, 0.2) is 48.5 Å². The Morgan fingerprint density at radius 2 is 1.34 bits per heavy atom. The molecule has 2 amide bonds. The number of carbonyl (C=O) groups is 4. The second-order valence-electron chi connectivity index (χ2n) is 10.7. The van der Waals surface area contributed by atoms with Gasteiger partial charge in [0, 0.05) is 16.7 Å². The molecule has 1 heterocycles. The Labute approximate surface area is 219 Å². The number of hydrogen-bond acceptors (Lipinski definition) is 8. The molecular weight excluding hydrogens is 490 g/mol. The summed E-state index contributed by atoms with van der Waals surface area (Å²) in [6.45, 7) is 9.83. The first-order chi connectivity index (χ1) is 17.7. The van der Waals surface area contributed by atoms with Crippen LogP contribution in [0.2, 0.25) is 0 Å². The van der Waals surface area contributed by atoms with Crippen LogP contribution in [0.1, 0.15) is 67.8 Å². The average Bonchev–Trinajstić information content (AvgIpc) is 3.08. The highest BCUT2D eigenvalue weighted by atomic mass is 16.6. The van der Waals surface area contributed by atoms with Crippen molar-refractivity contribution in [2.45, 2.75) is 52.7 Å². The zero-order valence-electron chi connectivity index (χ0n) is 21.9. The van der Waals surface area contributed by atoms with Gasteiger partial charge in [0.2, 0.25) is 5.95 Å². The maximum atomic E-state index is 13.5. The van der Waals surface area contributed by atoms with Crippen LogP contribution in [0.25, 0.3) is 22.5 Å². The smallest absolute Gasteiger partial charge is 0.427 e. The van der Waals surface area contributed by atoms with Gasteiger partial charge in [-0.15, -0.1) is 4.90 Å². The van der Waals surface area contributed by atoms with Gasteiger partial charge >= 0.3 is 18.2 Å². The summed E-state index contributed by atoms with van der Waals surface area (Å²) < 4.78 is 10.9. The summed E-state index contributed by atoms with van der Waals surface area (Å²) in [4.78, 5) is 61.1. The third-order valence-electron chi connectivity index (χ3n) is 5.29. The molecule has 0 saturated heterocycles. The Morgan fingerprint density at radius 1 is 0.789 bits per heavy atom. The minimum absolute atomic E-state index is 0.0537. The molecule has 10 heteroatoms. The van der Waals surface area contributed by atoms with Gasteiger partial charge in [-0.25, -0.2) is 24.4 Å². The minimum atomic E-state index is -1.18. The average molecular weight is 518 g/mol. The molecule has 0 spiro atoms. The molecule has 3 aromatic rings. The van der Waals surface area contributed by atoms with Gasteiger partial charge in [0.25, 0.3) is 0 Å². The summed E-state index contributed by atoms with van der Waals surface area (Å²) in [6, 6.07) is 12.8. The van der Waals surface area contributed by atoms with Gasteiger partial charge in [0.15, 0.2) is 5.78 Å². The van der Waals surface area contributed by atoms with E-state index in [9.17, 15) is 24.3 Å². The normalized spacial score (nSPS) is 12.4. The van der Waals surface area contributed by atoms with Gasteiger partial charge in [0.05, 0.1) is 22.5 Å². The molecular formula is C28H27N3O7. The number of anilines is 1. The van der Waals surface area contributed by atoms with Crippen molar-refractivity contribution in [3.63, 3.8) is 0 Å². The number of hydrogen-bond donors (Lipinski definition) is 1. The Hall–Kier alpha value is -4.60. The van der Waals surface area contributed by atoms with Crippen LogP contribution in [0, 0.1) is 0 Å². The Bertz CT molecular complexity index is 1440. The molecule has 0 atom stereocenters. The first kappa shape index (κ1) is 26.5. The molecule has 0 saturated carbocycles. The molecule has 4 rings (SSSR count). The molecule has 0 fully saturated rings. The summed E-state index contributed by atoms with van der Waals surface area (Å²) >= 11 is 0. The van der Waals surface area contributed by atoms with Crippen molar-refractivity contribution in [3.05, 3.63) is 65.2 Å². The highest BCUT2D eigenvalue weighted by Crippen LogP contribution is 2.41. The van der Waals surface area contributed by atoms with Crippen LogP contribution in [0.3, 0.4) is 0 Å². The lowest BCUT2D eigenvalue weighted by molar-refractivity contribution is 0.0426. The minimum Gasteiger partial charge on any atom is -0.478 e. The van der Waals surface area contributed by atoms with Gasteiger partial charge in [-0.1, -0.05) is 30.3 Å². The Kier molecular flexibility index (Phi) is 6.52. The number of carboxylic acids is 1. The predicted octanol–water partition coefficient (Wildman–Crippen LogP) is 5.73. The molecule has 1 aliphatic carbocycles. The van der Waals surface area contributed by atoms with E-state index in [1.165, 1.54) is 18.2 Å². The quantitative estimate of drug-likeness (QED) is 0.361. The topological polar surface area (TPSA) is 136 Å². The number of ketones is 1. The summed E-state index contributed by atoms with van der Waals surface area (Å²) in [5.74, 6) is -1.97. The molecule has 0 bridgehead atoms. The van der Waals surface area contributed by atoms with E-state index in [0.717, 1.165) is 0 Å². The molecule has 10 nitrogen and oxygen atoms in total. The number of aromatic nitrogens is 2. The molecule has 196 valence electrons. The second kappa shape index (κ2) is 9.37. The van der Waals surface area contributed by atoms with Gasteiger partial charge in [-0.3, -0.25) is 4.79 Å². The summed E-state index contributed by atoms with van der Waals surface area (Å²) in [6.07, 6.45) is -2.15. The van der Waals surface area contributed by atoms with E-state index < -0.39 is 35.1 Å². The summed E-state index contributed by atoms with van der Waals surface area (Å²) in [5, 5.41) is 9.52. The standard InChI is InChI=1S/C28H27N3O7/c1-27(2,3)37-25(35)31(26(36)38-28(4,5)6)24-29-20(15-10-8-7-9-11-15)19-21(30-24)18-14-16(23(33)34)12-13-17(18)22(19)32/h7-14H,1-6H3,(H,33,34). The van der Waals surface area contributed by atoms with Crippen molar-refractivity contribution >= 4 is 29.9 Å². The molecule has 38 heavy (non-hydrogen) atoms. The lowest BCUT2D eigenvalue weighted by atomic mass is 10.0. The van der Waals surface area contributed by atoms with E-state index >= 15 is 0 Å². The Morgan fingerprint density at radius 3 is 1.87 bits per heavy atom. The Balaban J connectivity index is 2.00. The number of ether oxygens (including phenoxy) is 2. The molecule has 0 radical (unpaired) electrons. The van der Waals surface area contributed by atoms with Crippen molar-refractivity contribution in [1.29, 1.82) is 0 Å². The van der Waals surface area contributed by atoms with Crippen LogP contribution >= 0.6 is 0 Å². The number of rotatable bonds is 3. The van der Waals surface area contributed by atoms with E-state index in [1.54, 1.807) is 71.9 Å². The second-order valence-corrected chi connectivity index (χ2v) is 10.7. The highest BCUT2D eigenvalue weighted by Gasteiger charge is 2.39. The molecule has 1 N–H and O–H groups in total. The first-order valence-electron chi connectivity index (χ1n) is 11.8. The van der Waals surface area contributed by atoms with Crippen molar-refractivity contribution in [1.82, 2.24) is 9.97 Å². The number of fused-ring (bicyclic) bond motifs is 3. The fourth-order valence-corrected chi connectivity index (χ4v) is 3.82.